The number of hydrogen-bond donors (Lipinski definition) is 3. The zero-order valence-electron chi connectivity index (χ0n) is 15.9. The molecule has 1 heterocycles. The predicted molar refractivity (Wildman–Crippen MR) is 107 cm³/mol. The van der Waals surface area contributed by atoms with Crippen molar-refractivity contribution in [1.82, 2.24) is 4.90 Å². The van der Waals surface area contributed by atoms with Crippen molar-refractivity contribution >= 4 is 34.8 Å². The Labute approximate surface area is 173 Å². The fourth-order valence-corrected chi connectivity index (χ4v) is 3.53. The van der Waals surface area contributed by atoms with E-state index in [0.717, 1.165) is 0 Å². The summed E-state index contributed by atoms with van der Waals surface area (Å²) in [5, 5.41) is 22.1. The molecule has 1 fully saturated rings. The van der Waals surface area contributed by atoms with E-state index in [1.54, 1.807) is 23.1 Å². The van der Waals surface area contributed by atoms with Crippen LogP contribution in [0.5, 0.6) is 5.75 Å². The van der Waals surface area contributed by atoms with Crippen molar-refractivity contribution in [3.8, 4) is 5.75 Å². The summed E-state index contributed by atoms with van der Waals surface area (Å²) in [4.78, 5) is 26.8. The third kappa shape index (κ3) is 5.04. The van der Waals surface area contributed by atoms with Gasteiger partial charge in [0.15, 0.2) is 5.69 Å². The number of anilines is 1. The zero-order chi connectivity index (χ0) is 21.0. The Hall–Kier alpha value is -2.65. The van der Waals surface area contributed by atoms with Crippen molar-refractivity contribution in [1.29, 1.82) is 0 Å². The summed E-state index contributed by atoms with van der Waals surface area (Å²) in [7, 11) is 1.52. The van der Waals surface area contributed by atoms with E-state index in [0.29, 0.717) is 48.0 Å². The number of carbonyl (C=O) groups is 2. The summed E-state index contributed by atoms with van der Waals surface area (Å²) in [5.41, 5.74) is 1.17. The molecule has 3 N–H and O–H groups in total. The van der Waals surface area contributed by atoms with Crippen LogP contribution in [0.4, 0.5) is 11.4 Å². The second kappa shape index (κ2) is 9.23. The summed E-state index contributed by atoms with van der Waals surface area (Å²) >= 11 is 6.08. The first-order chi connectivity index (χ1) is 13.9. The summed E-state index contributed by atoms with van der Waals surface area (Å²) in [6, 6.07) is 10.9. The van der Waals surface area contributed by atoms with Gasteiger partial charge in [-0.25, -0.2) is 5.21 Å². The molecular weight excluding hydrogens is 398 g/mol. The molecule has 0 bridgehead atoms. The number of hydrogen-bond acceptors (Lipinski definition) is 5. The largest absolute Gasteiger partial charge is 0.595 e. The molecule has 2 aromatic carbocycles. The number of piperidine rings is 1. The highest BCUT2D eigenvalue weighted by Crippen LogP contribution is 2.28. The maximum atomic E-state index is 12.6. The first kappa shape index (κ1) is 21.1. The van der Waals surface area contributed by atoms with E-state index in [2.05, 4.69) is 5.32 Å². The van der Waals surface area contributed by atoms with Gasteiger partial charge in [0.05, 0.1) is 12.1 Å². The molecule has 1 aliphatic rings. The summed E-state index contributed by atoms with van der Waals surface area (Å²) < 4.78 is 5.10. The Morgan fingerprint density at radius 3 is 2.41 bits per heavy atom. The van der Waals surface area contributed by atoms with E-state index in [9.17, 15) is 14.8 Å². The molecule has 0 radical (unpaired) electrons. The van der Waals surface area contributed by atoms with E-state index < -0.39 is 5.23 Å². The van der Waals surface area contributed by atoms with Crippen LogP contribution in [0.3, 0.4) is 0 Å². The molecule has 1 unspecified atom stereocenters. The van der Waals surface area contributed by atoms with Crippen molar-refractivity contribution in [2.75, 3.05) is 25.5 Å². The molecule has 2 amide bonds. The van der Waals surface area contributed by atoms with Gasteiger partial charge in [0.2, 0.25) is 5.91 Å². The number of amides is 2. The second-order valence-electron chi connectivity index (χ2n) is 6.79. The summed E-state index contributed by atoms with van der Waals surface area (Å²) in [5.74, 6) is 0.0639. The van der Waals surface area contributed by atoms with Gasteiger partial charge < -0.3 is 20.2 Å². The minimum atomic E-state index is -1.03. The molecular formula is C20H22ClN3O5. The minimum absolute atomic E-state index is 0.107. The van der Waals surface area contributed by atoms with Crippen LogP contribution in [0.1, 0.15) is 23.2 Å². The van der Waals surface area contributed by atoms with E-state index in [-0.39, 0.29) is 23.4 Å². The number of quaternary nitrogens is 1. The third-order valence-electron chi connectivity index (χ3n) is 4.95. The molecule has 0 saturated carbocycles. The van der Waals surface area contributed by atoms with Gasteiger partial charge in [-0.3, -0.25) is 9.59 Å². The lowest BCUT2D eigenvalue weighted by Gasteiger charge is -2.31. The maximum Gasteiger partial charge on any atom is 0.253 e. The molecule has 0 aromatic heterocycles. The van der Waals surface area contributed by atoms with E-state index in [1.807, 2.05) is 0 Å². The van der Waals surface area contributed by atoms with E-state index in [4.69, 9.17) is 21.5 Å². The number of halogens is 1. The number of ether oxygens (including phenoxy) is 1. The van der Waals surface area contributed by atoms with E-state index >= 15 is 0 Å². The smallest absolute Gasteiger partial charge is 0.253 e. The van der Waals surface area contributed by atoms with E-state index in [1.165, 1.54) is 31.4 Å². The van der Waals surface area contributed by atoms with Gasteiger partial charge in [0.25, 0.3) is 5.91 Å². The average molecular weight is 420 g/mol. The van der Waals surface area contributed by atoms with Crippen LogP contribution in [0.15, 0.2) is 42.5 Å². The predicted octanol–water partition coefficient (Wildman–Crippen LogP) is 2.24. The van der Waals surface area contributed by atoms with Crippen LogP contribution in [-0.4, -0.2) is 42.1 Å². The Balaban J connectivity index is 1.54. The molecule has 0 spiro atoms. The zero-order valence-corrected chi connectivity index (χ0v) is 16.6. The van der Waals surface area contributed by atoms with Crippen LogP contribution < -0.4 is 15.3 Å². The van der Waals surface area contributed by atoms with Crippen LogP contribution in [0.2, 0.25) is 5.02 Å². The van der Waals surface area contributed by atoms with Gasteiger partial charge in [-0.1, -0.05) is 11.6 Å². The highest BCUT2D eigenvalue weighted by molar-refractivity contribution is 6.32. The normalized spacial score (nSPS) is 15.7. The topological polar surface area (TPSA) is 106 Å². The summed E-state index contributed by atoms with van der Waals surface area (Å²) in [6.07, 6.45) is 1.10. The average Bonchev–Trinajstić information content (AvgIpc) is 2.73. The third-order valence-corrected chi connectivity index (χ3v) is 5.25. The minimum Gasteiger partial charge on any atom is -0.595 e. The molecule has 1 atom stereocenters. The summed E-state index contributed by atoms with van der Waals surface area (Å²) in [6.45, 7) is 0.919. The van der Waals surface area contributed by atoms with Gasteiger partial charge in [0.1, 0.15) is 5.75 Å². The number of carbonyl (C=O) groups excluding carboxylic acids is 2. The number of nitrogens with zero attached hydrogens (tertiary/aromatic N) is 1. The van der Waals surface area contributed by atoms with Crippen LogP contribution in [0.25, 0.3) is 0 Å². The van der Waals surface area contributed by atoms with Crippen LogP contribution >= 0.6 is 11.6 Å². The fraction of sp³-hybridized carbons (Fsp3) is 0.300. The second-order valence-corrected chi connectivity index (χ2v) is 7.19. The Morgan fingerprint density at radius 2 is 1.86 bits per heavy atom. The van der Waals surface area contributed by atoms with Crippen LogP contribution in [-0.2, 0) is 4.79 Å². The first-order valence-electron chi connectivity index (χ1n) is 9.16. The van der Waals surface area contributed by atoms with Crippen molar-refractivity contribution in [2.45, 2.75) is 12.8 Å². The van der Waals surface area contributed by atoms with Crippen molar-refractivity contribution in [3.05, 3.63) is 58.3 Å². The van der Waals surface area contributed by atoms with Crippen LogP contribution in [0, 0.1) is 11.1 Å². The number of methoxy groups -OCH3 is 1. The number of rotatable bonds is 5. The van der Waals surface area contributed by atoms with Crippen molar-refractivity contribution < 1.29 is 24.8 Å². The Bertz CT molecular complexity index is 880. The molecule has 9 heteroatoms. The Kier molecular flexibility index (Phi) is 6.71. The molecule has 29 heavy (non-hydrogen) atoms. The SMILES string of the molecule is COc1ccc(NC(=O)C2CCN(C(=O)c3ccc([NH+]([O-])O)cc3)CC2)cc1Cl. The number of likely N-dealkylation sites (tertiary alicyclic amines) is 1. The van der Waals surface area contributed by atoms with Crippen molar-refractivity contribution in [2.24, 2.45) is 5.92 Å². The van der Waals surface area contributed by atoms with Gasteiger partial charge in [-0.2, -0.15) is 5.23 Å². The quantitative estimate of drug-likeness (QED) is 0.644. The van der Waals surface area contributed by atoms with Gasteiger partial charge in [-0.05, 0) is 43.2 Å². The lowest BCUT2D eigenvalue weighted by atomic mass is 9.95. The Morgan fingerprint density at radius 1 is 1.21 bits per heavy atom. The molecule has 1 saturated heterocycles. The molecule has 0 aliphatic carbocycles. The molecule has 1 aliphatic heterocycles. The molecule has 2 aromatic rings. The molecule has 8 nitrogen and oxygen atoms in total. The highest BCUT2D eigenvalue weighted by atomic mass is 35.5. The standard InChI is InChI=1S/C20H22ClN3O5/c1-29-18-7-4-15(12-17(18)21)22-19(25)13-8-10-23(11-9-13)20(26)14-2-5-16(6-3-14)24(27)28/h2-7,12-13,24,27H,8-11H2,1H3,(H,22,25). The lowest BCUT2D eigenvalue weighted by Crippen LogP contribution is -2.99. The van der Waals surface area contributed by atoms with Gasteiger partial charge >= 0.3 is 0 Å². The monoisotopic (exact) mass is 419 g/mol. The lowest BCUT2D eigenvalue weighted by molar-refractivity contribution is -0.991. The molecule has 3 rings (SSSR count). The highest BCUT2D eigenvalue weighted by Gasteiger charge is 2.28. The fourth-order valence-electron chi connectivity index (χ4n) is 3.27. The van der Waals surface area contributed by atoms with Gasteiger partial charge in [-0.15, -0.1) is 0 Å². The number of nitrogens with one attached hydrogen (secondary N) is 2. The number of benzene rings is 2. The van der Waals surface area contributed by atoms with Crippen molar-refractivity contribution in [3.63, 3.8) is 0 Å². The molecule has 154 valence electrons. The maximum absolute atomic E-state index is 12.6. The van der Waals surface area contributed by atoms with Gasteiger partial charge in [0, 0.05) is 42.4 Å². The first-order valence-corrected chi connectivity index (χ1v) is 9.54.